The van der Waals surface area contributed by atoms with E-state index in [0.29, 0.717) is 5.25 Å². The highest BCUT2D eigenvalue weighted by Gasteiger charge is 2.08. The first-order chi connectivity index (χ1) is 8.02. The molecule has 0 heterocycles. The van der Waals surface area contributed by atoms with Crippen molar-refractivity contribution < 1.29 is 4.39 Å². The highest BCUT2D eigenvalue weighted by atomic mass is 35.5. The Balaban J connectivity index is 2.44. The fourth-order valence-electron chi connectivity index (χ4n) is 1.43. The van der Waals surface area contributed by atoms with Gasteiger partial charge in [-0.1, -0.05) is 31.5 Å². The second kappa shape index (κ2) is 7.24. The number of thioether (sulfide) groups is 1. The maximum Gasteiger partial charge on any atom is 0.141 e. The molecule has 2 N–H and O–H groups in total. The average Bonchev–Trinajstić information content (AvgIpc) is 2.31. The van der Waals surface area contributed by atoms with E-state index in [9.17, 15) is 4.39 Å². The van der Waals surface area contributed by atoms with Crippen molar-refractivity contribution in [1.82, 2.24) is 0 Å². The number of nitrogens with two attached hydrogens (primary N) is 1. The van der Waals surface area contributed by atoms with Crippen LogP contribution in [0.15, 0.2) is 18.2 Å². The van der Waals surface area contributed by atoms with Gasteiger partial charge in [0.15, 0.2) is 0 Å². The van der Waals surface area contributed by atoms with Crippen molar-refractivity contribution in [2.24, 2.45) is 5.73 Å². The van der Waals surface area contributed by atoms with Crippen LogP contribution in [-0.4, -0.2) is 17.0 Å². The van der Waals surface area contributed by atoms with Gasteiger partial charge in [-0.3, -0.25) is 0 Å². The fraction of sp³-hybridized carbons (Fsp3) is 0.538. The van der Waals surface area contributed by atoms with Crippen LogP contribution in [0.1, 0.15) is 25.8 Å². The van der Waals surface area contributed by atoms with Crippen LogP contribution in [0.4, 0.5) is 4.39 Å². The molecule has 2 unspecified atom stereocenters. The second-order valence-corrected chi connectivity index (χ2v) is 6.14. The molecule has 1 rings (SSSR count). The van der Waals surface area contributed by atoms with E-state index in [4.69, 9.17) is 17.3 Å². The molecule has 17 heavy (non-hydrogen) atoms. The van der Waals surface area contributed by atoms with Crippen molar-refractivity contribution >= 4 is 23.4 Å². The van der Waals surface area contributed by atoms with Crippen molar-refractivity contribution in [2.45, 2.75) is 38.0 Å². The third kappa shape index (κ3) is 5.28. The van der Waals surface area contributed by atoms with E-state index in [-0.39, 0.29) is 16.9 Å². The lowest BCUT2D eigenvalue weighted by molar-refractivity contribution is 0.626. The number of hydrogen-bond donors (Lipinski definition) is 1. The van der Waals surface area contributed by atoms with Gasteiger partial charge in [-0.15, -0.1) is 0 Å². The molecule has 4 heteroatoms. The van der Waals surface area contributed by atoms with Gasteiger partial charge in [0.2, 0.25) is 0 Å². The predicted octanol–water partition coefficient (Wildman–Crippen LogP) is 3.88. The molecule has 96 valence electrons. The predicted molar refractivity (Wildman–Crippen MR) is 75.3 cm³/mol. The molecule has 2 atom stereocenters. The van der Waals surface area contributed by atoms with E-state index in [1.165, 1.54) is 6.07 Å². The van der Waals surface area contributed by atoms with Crippen LogP contribution in [0, 0.1) is 5.82 Å². The molecule has 0 saturated carbocycles. The lowest BCUT2D eigenvalue weighted by Gasteiger charge is -2.14. The minimum atomic E-state index is -0.377. The molecule has 0 aliphatic rings. The monoisotopic (exact) mass is 275 g/mol. The number of hydrogen-bond acceptors (Lipinski definition) is 2. The summed E-state index contributed by atoms with van der Waals surface area (Å²) in [4.78, 5) is 0. The molecule has 0 fully saturated rings. The van der Waals surface area contributed by atoms with E-state index in [1.54, 1.807) is 12.1 Å². The molecule has 0 spiro atoms. The highest BCUT2D eigenvalue weighted by molar-refractivity contribution is 7.99. The summed E-state index contributed by atoms with van der Waals surface area (Å²) in [5.74, 6) is 0.544. The Labute approximate surface area is 112 Å². The van der Waals surface area contributed by atoms with Crippen LogP contribution in [0.3, 0.4) is 0 Å². The van der Waals surface area contributed by atoms with Gasteiger partial charge < -0.3 is 5.73 Å². The smallest absolute Gasteiger partial charge is 0.141 e. The Hall–Kier alpha value is -0.250. The fourth-order valence-corrected chi connectivity index (χ4v) is 2.57. The average molecular weight is 276 g/mol. The van der Waals surface area contributed by atoms with E-state index < -0.39 is 0 Å². The maximum atomic E-state index is 13.0. The van der Waals surface area contributed by atoms with Crippen molar-refractivity contribution in [3.63, 3.8) is 0 Å². The summed E-state index contributed by atoms with van der Waals surface area (Å²) in [5, 5.41) is 0.808. The molecule has 0 aliphatic carbocycles. The molecule has 0 aliphatic heterocycles. The Morgan fingerprint density at radius 1 is 1.47 bits per heavy atom. The Bertz CT molecular complexity index is 359. The molecule has 0 radical (unpaired) electrons. The third-order valence-electron chi connectivity index (χ3n) is 2.65. The zero-order valence-corrected chi connectivity index (χ0v) is 11.8. The Morgan fingerprint density at radius 2 is 2.18 bits per heavy atom. The summed E-state index contributed by atoms with van der Waals surface area (Å²) < 4.78 is 13.0. The first kappa shape index (κ1) is 14.8. The van der Waals surface area contributed by atoms with Gasteiger partial charge in [0.05, 0.1) is 5.02 Å². The molecule has 0 aromatic heterocycles. The SMILES string of the molecule is CCC(C)SCC(N)Cc1ccc(F)c(Cl)c1. The quantitative estimate of drug-likeness (QED) is 0.853. The summed E-state index contributed by atoms with van der Waals surface area (Å²) >= 11 is 7.61. The van der Waals surface area contributed by atoms with Gasteiger partial charge in [-0.2, -0.15) is 11.8 Å². The van der Waals surface area contributed by atoms with E-state index in [2.05, 4.69) is 13.8 Å². The van der Waals surface area contributed by atoms with Crippen molar-refractivity contribution in [2.75, 3.05) is 5.75 Å². The zero-order chi connectivity index (χ0) is 12.8. The van der Waals surface area contributed by atoms with Crippen molar-refractivity contribution in [3.05, 3.63) is 34.6 Å². The topological polar surface area (TPSA) is 26.0 Å². The van der Waals surface area contributed by atoms with Crippen LogP contribution < -0.4 is 5.73 Å². The first-order valence-electron chi connectivity index (χ1n) is 5.84. The number of halogens is 2. The van der Waals surface area contributed by atoms with Gasteiger partial charge in [0.25, 0.3) is 0 Å². The van der Waals surface area contributed by atoms with Crippen LogP contribution in [0.2, 0.25) is 5.02 Å². The minimum Gasteiger partial charge on any atom is -0.327 e. The maximum absolute atomic E-state index is 13.0. The highest BCUT2D eigenvalue weighted by Crippen LogP contribution is 2.19. The zero-order valence-electron chi connectivity index (χ0n) is 10.2. The number of rotatable bonds is 6. The Morgan fingerprint density at radius 3 is 2.76 bits per heavy atom. The van der Waals surface area contributed by atoms with Gasteiger partial charge in [0.1, 0.15) is 5.82 Å². The molecular formula is C13H19ClFNS. The molecule has 0 saturated heterocycles. The molecule has 0 amide bonds. The van der Waals surface area contributed by atoms with E-state index in [1.807, 2.05) is 11.8 Å². The van der Waals surface area contributed by atoms with Gasteiger partial charge in [-0.05, 0) is 30.5 Å². The van der Waals surface area contributed by atoms with Crippen LogP contribution in [0.25, 0.3) is 0 Å². The molecule has 1 nitrogen and oxygen atoms in total. The summed E-state index contributed by atoms with van der Waals surface area (Å²) in [5.41, 5.74) is 7.03. The lowest BCUT2D eigenvalue weighted by Crippen LogP contribution is -2.26. The van der Waals surface area contributed by atoms with Gasteiger partial charge in [0, 0.05) is 17.0 Å². The third-order valence-corrected chi connectivity index (χ3v) is 4.46. The van der Waals surface area contributed by atoms with E-state index in [0.717, 1.165) is 24.2 Å². The van der Waals surface area contributed by atoms with E-state index >= 15 is 0 Å². The van der Waals surface area contributed by atoms with Crippen LogP contribution >= 0.6 is 23.4 Å². The summed E-state index contributed by atoms with van der Waals surface area (Å²) in [6, 6.07) is 4.89. The number of benzene rings is 1. The van der Waals surface area contributed by atoms with Crippen LogP contribution in [0.5, 0.6) is 0 Å². The van der Waals surface area contributed by atoms with Gasteiger partial charge in [-0.25, -0.2) is 4.39 Å². The lowest BCUT2D eigenvalue weighted by atomic mass is 10.1. The molecule has 1 aromatic carbocycles. The normalized spacial score (nSPS) is 14.6. The van der Waals surface area contributed by atoms with Crippen LogP contribution in [-0.2, 0) is 6.42 Å². The second-order valence-electron chi connectivity index (χ2n) is 4.26. The summed E-state index contributed by atoms with van der Waals surface area (Å²) in [6.45, 7) is 4.37. The molecule has 1 aromatic rings. The first-order valence-corrected chi connectivity index (χ1v) is 7.26. The standard InChI is InChI=1S/C13H19ClFNS/c1-3-9(2)17-8-11(16)6-10-4-5-13(15)12(14)7-10/h4-5,7,9,11H,3,6,8,16H2,1-2H3. The minimum absolute atomic E-state index is 0.0931. The Kier molecular flexibility index (Phi) is 6.31. The van der Waals surface area contributed by atoms with Crippen molar-refractivity contribution in [1.29, 1.82) is 0 Å². The van der Waals surface area contributed by atoms with Gasteiger partial charge >= 0.3 is 0 Å². The summed E-state index contributed by atoms with van der Waals surface area (Å²) in [7, 11) is 0. The molecule has 0 bridgehead atoms. The summed E-state index contributed by atoms with van der Waals surface area (Å²) in [6.07, 6.45) is 1.89. The molecular weight excluding hydrogens is 257 g/mol. The largest absolute Gasteiger partial charge is 0.327 e. The van der Waals surface area contributed by atoms with Crippen molar-refractivity contribution in [3.8, 4) is 0 Å².